The van der Waals surface area contributed by atoms with Crippen LogP contribution < -0.4 is 0 Å². The average Bonchev–Trinajstić information content (AvgIpc) is 2.92. The number of allylic oxidation sites excluding steroid dienone is 1. The van der Waals surface area contributed by atoms with Crippen molar-refractivity contribution in [2.24, 2.45) is 0 Å². The van der Waals surface area contributed by atoms with Gasteiger partial charge < -0.3 is 4.57 Å². The molecule has 1 aromatic heterocycles. The van der Waals surface area contributed by atoms with Gasteiger partial charge in [0.15, 0.2) is 0 Å². The van der Waals surface area contributed by atoms with Crippen LogP contribution in [0.15, 0.2) is 42.5 Å². The predicted molar refractivity (Wildman–Crippen MR) is 113 cm³/mol. The zero-order valence-electron chi connectivity index (χ0n) is 15.9. The number of aromatic nitrogens is 1. The molecule has 3 aromatic rings. The smallest absolute Gasteiger partial charge is 0.0529 e. The fraction of sp³-hybridized carbons (Fsp3) is 0.304. The van der Waals surface area contributed by atoms with E-state index in [0.29, 0.717) is 6.04 Å². The molecule has 0 saturated carbocycles. The number of hydrogen-bond acceptors (Lipinski definition) is 1. The van der Waals surface area contributed by atoms with Crippen molar-refractivity contribution in [1.82, 2.24) is 9.47 Å². The molecule has 1 aliphatic heterocycles. The van der Waals surface area contributed by atoms with Crippen LogP contribution in [-0.2, 0) is 6.42 Å². The van der Waals surface area contributed by atoms with E-state index in [9.17, 15) is 0 Å². The number of rotatable bonds is 2. The first-order valence-corrected chi connectivity index (χ1v) is 9.61. The van der Waals surface area contributed by atoms with E-state index in [2.05, 4.69) is 73.8 Å². The summed E-state index contributed by atoms with van der Waals surface area (Å²) in [5.41, 5.74) is 8.00. The minimum Gasteiger partial charge on any atom is -0.318 e. The summed E-state index contributed by atoms with van der Waals surface area (Å²) in [6.07, 6.45) is 3.40. The van der Waals surface area contributed by atoms with Gasteiger partial charge in [-0.1, -0.05) is 35.4 Å². The van der Waals surface area contributed by atoms with Gasteiger partial charge in [-0.05, 0) is 75.2 Å². The lowest BCUT2D eigenvalue weighted by atomic mass is 9.98. The Morgan fingerprint density at radius 3 is 2.62 bits per heavy atom. The molecular weight excluding hydrogens is 340 g/mol. The maximum absolute atomic E-state index is 6.05. The van der Waals surface area contributed by atoms with Gasteiger partial charge in [-0.3, -0.25) is 4.90 Å². The van der Waals surface area contributed by atoms with Gasteiger partial charge in [0.2, 0.25) is 0 Å². The minimum absolute atomic E-state index is 0.403. The quantitative estimate of drug-likeness (QED) is 0.527. The summed E-state index contributed by atoms with van der Waals surface area (Å²) in [5.74, 6) is 0. The van der Waals surface area contributed by atoms with Gasteiger partial charge in [0.25, 0.3) is 0 Å². The maximum Gasteiger partial charge on any atom is 0.0529 e. The number of hydrogen-bond donors (Lipinski definition) is 0. The molecule has 1 atom stereocenters. The summed E-state index contributed by atoms with van der Waals surface area (Å²) in [6, 6.07) is 15.3. The lowest BCUT2D eigenvalue weighted by Crippen LogP contribution is -2.31. The van der Waals surface area contributed by atoms with E-state index in [-0.39, 0.29) is 0 Å². The van der Waals surface area contributed by atoms with Crippen LogP contribution in [0.3, 0.4) is 0 Å². The topological polar surface area (TPSA) is 8.17 Å². The van der Waals surface area contributed by atoms with Gasteiger partial charge in [0, 0.05) is 34.9 Å². The molecule has 0 bridgehead atoms. The van der Waals surface area contributed by atoms with Gasteiger partial charge in [-0.2, -0.15) is 0 Å². The Labute approximate surface area is 160 Å². The predicted octanol–water partition coefficient (Wildman–Crippen LogP) is 6.17. The van der Waals surface area contributed by atoms with Crippen LogP contribution in [0.25, 0.3) is 22.7 Å². The second-order valence-electron chi connectivity index (χ2n) is 7.48. The Kier molecular flexibility index (Phi) is 4.42. The first-order valence-electron chi connectivity index (χ1n) is 9.23. The third kappa shape index (κ3) is 2.87. The lowest BCUT2D eigenvalue weighted by molar-refractivity contribution is 0.242. The van der Waals surface area contributed by atoms with E-state index in [1.165, 1.54) is 38.9 Å². The standard InChI is InChI=1S/C23H25ClN2/c1-15-5-10-22-21(13-15)20-11-12-25(4)17(3)23(20)26(22)14-16(2)18-6-8-19(24)9-7-18/h5-10,13-14,17H,11-12H2,1-4H3/b16-14+. The molecule has 1 aliphatic rings. The zero-order chi connectivity index (χ0) is 18.4. The van der Waals surface area contributed by atoms with Crippen molar-refractivity contribution in [1.29, 1.82) is 0 Å². The second-order valence-corrected chi connectivity index (χ2v) is 7.92. The van der Waals surface area contributed by atoms with Gasteiger partial charge in [-0.25, -0.2) is 0 Å². The summed E-state index contributed by atoms with van der Waals surface area (Å²) in [4.78, 5) is 2.44. The molecule has 0 aliphatic carbocycles. The molecule has 0 N–H and O–H groups in total. The molecule has 0 saturated heterocycles. The molecule has 134 valence electrons. The highest BCUT2D eigenvalue weighted by atomic mass is 35.5. The van der Waals surface area contributed by atoms with E-state index in [4.69, 9.17) is 11.6 Å². The maximum atomic E-state index is 6.05. The van der Waals surface area contributed by atoms with Crippen molar-refractivity contribution >= 4 is 34.3 Å². The lowest BCUT2D eigenvalue weighted by Gasteiger charge is -2.31. The van der Waals surface area contributed by atoms with Crippen LogP contribution in [0, 0.1) is 6.92 Å². The van der Waals surface area contributed by atoms with Crippen LogP contribution in [0.2, 0.25) is 5.02 Å². The fourth-order valence-electron chi connectivity index (χ4n) is 4.04. The number of benzene rings is 2. The monoisotopic (exact) mass is 364 g/mol. The summed E-state index contributed by atoms with van der Waals surface area (Å²) in [5, 5.41) is 2.18. The highest BCUT2D eigenvalue weighted by Crippen LogP contribution is 2.37. The molecule has 0 fully saturated rings. The van der Waals surface area contributed by atoms with Gasteiger partial charge in [0.1, 0.15) is 0 Å². The van der Waals surface area contributed by atoms with E-state index >= 15 is 0 Å². The summed E-state index contributed by atoms with van der Waals surface area (Å²) < 4.78 is 2.41. The van der Waals surface area contributed by atoms with Gasteiger partial charge >= 0.3 is 0 Å². The number of aryl methyl sites for hydroxylation is 1. The first kappa shape index (κ1) is 17.4. The largest absolute Gasteiger partial charge is 0.318 e. The van der Waals surface area contributed by atoms with Crippen LogP contribution in [0.4, 0.5) is 0 Å². The Hall–Kier alpha value is -2.03. The third-order valence-corrected chi connectivity index (χ3v) is 5.95. The van der Waals surface area contributed by atoms with Crippen molar-refractivity contribution in [3.63, 3.8) is 0 Å². The molecule has 2 aromatic carbocycles. The normalized spacial score (nSPS) is 18.3. The highest BCUT2D eigenvalue weighted by molar-refractivity contribution is 6.30. The molecule has 0 spiro atoms. The molecule has 0 amide bonds. The molecule has 2 heterocycles. The highest BCUT2D eigenvalue weighted by Gasteiger charge is 2.27. The minimum atomic E-state index is 0.403. The Morgan fingerprint density at radius 1 is 1.15 bits per heavy atom. The molecule has 4 rings (SSSR count). The molecular formula is C23H25ClN2. The van der Waals surface area contributed by atoms with Gasteiger partial charge in [0.05, 0.1) is 5.52 Å². The first-order chi connectivity index (χ1) is 12.5. The molecule has 26 heavy (non-hydrogen) atoms. The summed E-state index contributed by atoms with van der Waals surface area (Å²) in [7, 11) is 2.22. The molecule has 0 radical (unpaired) electrons. The van der Waals surface area contributed by atoms with E-state index in [1.807, 2.05) is 12.1 Å². The molecule has 2 nitrogen and oxygen atoms in total. The van der Waals surface area contributed by atoms with Crippen LogP contribution in [0.5, 0.6) is 0 Å². The van der Waals surface area contributed by atoms with Crippen molar-refractivity contribution in [2.45, 2.75) is 33.2 Å². The number of halogens is 1. The van der Waals surface area contributed by atoms with Crippen molar-refractivity contribution in [3.8, 4) is 0 Å². The zero-order valence-corrected chi connectivity index (χ0v) is 16.6. The molecule has 3 heteroatoms. The SMILES string of the molecule is C/C(=C\n1c2c(c3cc(C)ccc31)CCN(C)C2C)c1ccc(Cl)cc1. The van der Waals surface area contributed by atoms with Crippen LogP contribution in [-0.4, -0.2) is 23.1 Å². The Bertz CT molecular complexity index is 995. The Morgan fingerprint density at radius 2 is 1.88 bits per heavy atom. The van der Waals surface area contributed by atoms with E-state index in [0.717, 1.165) is 18.0 Å². The van der Waals surface area contributed by atoms with Gasteiger partial charge in [-0.15, -0.1) is 0 Å². The second kappa shape index (κ2) is 6.61. The average molecular weight is 365 g/mol. The van der Waals surface area contributed by atoms with Crippen molar-refractivity contribution in [3.05, 3.63) is 69.9 Å². The number of nitrogens with zero attached hydrogens (tertiary/aromatic N) is 2. The molecule has 1 unspecified atom stereocenters. The summed E-state index contributed by atoms with van der Waals surface area (Å²) >= 11 is 6.05. The number of fused-ring (bicyclic) bond motifs is 3. The van der Waals surface area contributed by atoms with Crippen molar-refractivity contribution < 1.29 is 0 Å². The number of likely N-dealkylation sites (N-methyl/N-ethyl adjacent to an activating group) is 1. The van der Waals surface area contributed by atoms with Crippen LogP contribution >= 0.6 is 11.6 Å². The van der Waals surface area contributed by atoms with E-state index < -0.39 is 0 Å². The van der Waals surface area contributed by atoms with E-state index in [1.54, 1.807) is 0 Å². The summed E-state index contributed by atoms with van der Waals surface area (Å²) in [6.45, 7) is 7.77. The third-order valence-electron chi connectivity index (χ3n) is 5.70. The van der Waals surface area contributed by atoms with Crippen molar-refractivity contribution in [2.75, 3.05) is 13.6 Å². The fourth-order valence-corrected chi connectivity index (χ4v) is 4.17. The van der Waals surface area contributed by atoms with Crippen LogP contribution in [0.1, 0.15) is 42.3 Å². The Balaban J connectivity index is 1.94.